The lowest BCUT2D eigenvalue weighted by Gasteiger charge is -2.18. The summed E-state index contributed by atoms with van der Waals surface area (Å²) in [5.41, 5.74) is 2.50. The second-order valence-electron chi connectivity index (χ2n) is 4.41. The summed E-state index contributed by atoms with van der Waals surface area (Å²) in [4.78, 5) is 8.65. The lowest BCUT2D eigenvalue weighted by atomic mass is 10.0. The molecule has 2 heterocycles. The summed E-state index contributed by atoms with van der Waals surface area (Å²) in [6.45, 7) is 5.21. The standard InChI is InChI=1S/C14H20N4/c1-4-18-8-7-17-14(18)9-13(15-3)12-10-16-6-5-11(12)2/h5-8,10,13,15H,4,9H2,1-3H3. The van der Waals surface area contributed by atoms with Crippen LogP contribution in [0.1, 0.15) is 29.9 Å². The molecule has 1 unspecified atom stereocenters. The first-order chi connectivity index (χ1) is 8.76. The van der Waals surface area contributed by atoms with Gasteiger partial charge in [-0.15, -0.1) is 0 Å². The van der Waals surface area contributed by atoms with Crippen LogP contribution in [0.15, 0.2) is 30.9 Å². The molecule has 0 radical (unpaired) electrons. The Balaban J connectivity index is 2.23. The number of aryl methyl sites for hydroxylation is 2. The zero-order valence-corrected chi connectivity index (χ0v) is 11.2. The first kappa shape index (κ1) is 12.8. The fourth-order valence-corrected chi connectivity index (χ4v) is 2.21. The summed E-state index contributed by atoms with van der Waals surface area (Å²) in [6.07, 6.45) is 8.54. The fraction of sp³-hybridized carbons (Fsp3) is 0.429. The van der Waals surface area contributed by atoms with Crippen molar-refractivity contribution in [1.82, 2.24) is 19.9 Å². The highest BCUT2D eigenvalue weighted by atomic mass is 15.1. The van der Waals surface area contributed by atoms with Crippen molar-refractivity contribution in [3.8, 4) is 0 Å². The number of hydrogen-bond acceptors (Lipinski definition) is 3. The molecular weight excluding hydrogens is 224 g/mol. The summed E-state index contributed by atoms with van der Waals surface area (Å²) in [6, 6.07) is 2.30. The number of imidazole rings is 1. The van der Waals surface area contributed by atoms with E-state index in [2.05, 4.69) is 33.7 Å². The molecule has 0 saturated heterocycles. The van der Waals surface area contributed by atoms with Crippen molar-refractivity contribution >= 4 is 0 Å². The number of hydrogen-bond donors (Lipinski definition) is 1. The lowest BCUT2D eigenvalue weighted by Crippen LogP contribution is -2.21. The Morgan fingerprint density at radius 2 is 2.22 bits per heavy atom. The summed E-state index contributed by atoms with van der Waals surface area (Å²) in [5, 5.41) is 3.36. The summed E-state index contributed by atoms with van der Waals surface area (Å²) in [7, 11) is 1.98. The molecule has 0 aliphatic heterocycles. The number of nitrogens with one attached hydrogen (secondary N) is 1. The Bertz CT molecular complexity index is 504. The molecule has 1 atom stereocenters. The molecule has 0 amide bonds. The molecule has 2 aromatic heterocycles. The van der Waals surface area contributed by atoms with Crippen molar-refractivity contribution in [2.75, 3.05) is 7.05 Å². The van der Waals surface area contributed by atoms with E-state index in [1.165, 1.54) is 11.1 Å². The largest absolute Gasteiger partial charge is 0.335 e. The molecular formula is C14H20N4. The number of likely N-dealkylation sites (N-methyl/N-ethyl adjacent to an activating group) is 1. The smallest absolute Gasteiger partial charge is 0.110 e. The van der Waals surface area contributed by atoms with Gasteiger partial charge in [0.1, 0.15) is 5.82 Å². The number of nitrogens with zero attached hydrogens (tertiary/aromatic N) is 3. The van der Waals surface area contributed by atoms with Crippen LogP contribution in [-0.4, -0.2) is 21.6 Å². The molecule has 2 rings (SSSR count). The van der Waals surface area contributed by atoms with Crippen molar-refractivity contribution in [2.45, 2.75) is 32.9 Å². The Morgan fingerprint density at radius 3 is 2.89 bits per heavy atom. The Labute approximate surface area is 108 Å². The molecule has 0 aliphatic rings. The Morgan fingerprint density at radius 1 is 1.39 bits per heavy atom. The molecule has 18 heavy (non-hydrogen) atoms. The maximum atomic E-state index is 4.43. The Hall–Kier alpha value is -1.68. The summed E-state index contributed by atoms with van der Waals surface area (Å²) < 4.78 is 2.18. The van der Waals surface area contributed by atoms with Gasteiger partial charge in [0.25, 0.3) is 0 Å². The minimum Gasteiger partial charge on any atom is -0.335 e. The molecule has 0 spiro atoms. The molecule has 0 bridgehead atoms. The Kier molecular flexibility index (Phi) is 4.10. The highest BCUT2D eigenvalue weighted by Crippen LogP contribution is 2.19. The molecule has 96 valence electrons. The van der Waals surface area contributed by atoms with Gasteiger partial charge >= 0.3 is 0 Å². The molecule has 1 N–H and O–H groups in total. The van der Waals surface area contributed by atoms with Gasteiger partial charge in [-0.3, -0.25) is 4.98 Å². The minimum atomic E-state index is 0.256. The summed E-state index contributed by atoms with van der Waals surface area (Å²) >= 11 is 0. The average molecular weight is 244 g/mol. The quantitative estimate of drug-likeness (QED) is 0.876. The van der Waals surface area contributed by atoms with Crippen LogP contribution in [-0.2, 0) is 13.0 Å². The van der Waals surface area contributed by atoms with Crippen molar-refractivity contribution in [2.24, 2.45) is 0 Å². The van der Waals surface area contributed by atoms with E-state index in [0.29, 0.717) is 0 Å². The van der Waals surface area contributed by atoms with Gasteiger partial charge in [0.15, 0.2) is 0 Å². The third-order valence-electron chi connectivity index (χ3n) is 3.33. The van der Waals surface area contributed by atoms with Crippen LogP contribution >= 0.6 is 0 Å². The van der Waals surface area contributed by atoms with Gasteiger partial charge in [-0.1, -0.05) is 0 Å². The normalized spacial score (nSPS) is 12.6. The second kappa shape index (κ2) is 5.78. The molecule has 4 nitrogen and oxygen atoms in total. The van der Waals surface area contributed by atoms with Gasteiger partial charge in [-0.25, -0.2) is 4.98 Å². The van der Waals surface area contributed by atoms with Crippen LogP contribution in [0.2, 0.25) is 0 Å². The average Bonchev–Trinajstić information content (AvgIpc) is 2.84. The van der Waals surface area contributed by atoms with Crippen molar-refractivity contribution in [1.29, 1.82) is 0 Å². The van der Waals surface area contributed by atoms with E-state index in [-0.39, 0.29) is 6.04 Å². The third-order valence-corrected chi connectivity index (χ3v) is 3.33. The van der Waals surface area contributed by atoms with Gasteiger partial charge in [0, 0.05) is 43.8 Å². The monoisotopic (exact) mass is 244 g/mol. The minimum absolute atomic E-state index is 0.256. The van der Waals surface area contributed by atoms with Crippen molar-refractivity contribution in [3.63, 3.8) is 0 Å². The molecule has 2 aromatic rings. The predicted molar refractivity (Wildman–Crippen MR) is 72.4 cm³/mol. The van der Waals surface area contributed by atoms with Gasteiger partial charge in [0.05, 0.1) is 0 Å². The highest BCUT2D eigenvalue weighted by molar-refractivity contribution is 5.26. The number of aromatic nitrogens is 3. The topological polar surface area (TPSA) is 42.7 Å². The van der Waals surface area contributed by atoms with Crippen LogP contribution in [0.3, 0.4) is 0 Å². The van der Waals surface area contributed by atoms with Crippen molar-refractivity contribution in [3.05, 3.63) is 47.8 Å². The van der Waals surface area contributed by atoms with E-state index >= 15 is 0 Å². The van der Waals surface area contributed by atoms with Gasteiger partial charge in [-0.2, -0.15) is 0 Å². The van der Waals surface area contributed by atoms with Crippen LogP contribution in [0, 0.1) is 6.92 Å². The van der Waals surface area contributed by atoms with E-state index in [9.17, 15) is 0 Å². The van der Waals surface area contributed by atoms with E-state index in [0.717, 1.165) is 18.8 Å². The van der Waals surface area contributed by atoms with Gasteiger partial charge < -0.3 is 9.88 Å². The fourth-order valence-electron chi connectivity index (χ4n) is 2.21. The highest BCUT2D eigenvalue weighted by Gasteiger charge is 2.15. The maximum Gasteiger partial charge on any atom is 0.110 e. The second-order valence-corrected chi connectivity index (χ2v) is 4.41. The zero-order chi connectivity index (χ0) is 13.0. The first-order valence-corrected chi connectivity index (χ1v) is 6.34. The SMILES string of the molecule is CCn1ccnc1CC(NC)c1cnccc1C. The predicted octanol–water partition coefficient (Wildman–Crippen LogP) is 2.11. The lowest BCUT2D eigenvalue weighted by molar-refractivity contribution is 0.549. The van der Waals surface area contributed by atoms with Crippen LogP contribution < -0.4 is 5.32 Å². The molecule has 0 aliphatic carbocycles. The van der Waals surface area contributed by atoms with Crippen molar-refractivity contribution < 1.29 is 0 Å². The zero-order valence-electron chi connectivity index (χ0n) is 11.2. The maximum absolute atomic E-state index is 4.43. The van der Waals surface area contributed by atoms with Crippen LogP contribution in [0.4, 0.5) is 0 Å². The van der Waals surface area contributed by atoms with E-state index in [4.69, 9.17) is 0 Å². The molecule has 4 heteroatoms. The van der Waals surface area contributed by atoms with E-state index < -0.39 is 0 Å². The summed E-state index contributed by atoms with van der Waals surface area (Å²) in [5.74, 6) is 1.11. The number of rotatable bonds is 5. The molecule has 0 aromatic carbocycles. The van der Waals surface area contributed by atoms with E-state index in [1.54, 1.807) is 0 Å². The van der Waals surface area contributed by atoms with Gasteiger partial charge in [-0.05, 0) is 38.1 Å². The van der Waals surface area contributed by atoms with Crippen LogP contribution in [0.25, 0.3) is 0 Å². The number of pyridine rings is 1. The van der Waals surface area contributed by atoms with Crippen LogP contribution in [0.5, 0.6) is 0 Å². The first-order valence-electron chi connectivity index (χ1n) is 6.34. The molecule has 0 fully saturated rings. The van der Waals surface area contributed by atoms with Gasteiger partial charge in [0.2, 0.25) is 0 Å². The third kappa shape index (κ3) is 2.59. The molecule has 0 saturated carbocycles. The van der Waals surface area contributed by atoms with E-state index in [1.807, 2.05) is 37.9 Å².